The largest absolute Gasteiger partial charge is 0.480 e. The van der Waals surface area contributed by atoms with Crippen LogP contribution in [0.15, 0.2) is 5.51 Å². The fraction of sp³-hybridized carbons (Fsp3) is 0.167. The van der Waals surface area contributed by atoms with E-state index >= 15 is 0 Å². The van der Waals surface area contributed by atoms with Gasteiger partial charge in [-0.15, -0.1) is 11.3 Å². The van der Waals surface area contributed by atoms with Crippen LogP contribution in [0.2, 0.25) is 0 Å². The molecular formula is C6H6N2O4S. The van der Waals surface area contributed by atoms with Crippen molar-refractivity contribution in [2.75, 3.05) is 11.9 Å². The second kappa shape index (κ2) is 3.85. The highest BCUT2D eigenvalue weighted by Gasteiger charge is 2.13. The molecule has 6 nitrogen and oxygen atoms in total. The number of aliphatic carboxylic acids is 1. The van der Waals surface area contributed by atoms with Crippen molar-refractivity contribution in [2.45, 2.75) is 0 Å². The normalized spacial score (nSPS) is 9.54. The van der Waals surface area contributed by atoms with E-state index in [1.807, 2.05) is 0 Å². The highest BCUT2D eigenvalue weighted by atomic mass is 32.1. The van der Waals surface area contributed by atoms with E-state index in [0.717, 1.165) is 11.3 Å². The number of hydrogen-bond donors (Lipinski definition) is 3. The highest BCUT2D eigenvalue weighted by molar-refractivity contribution is 7.14. The Hall–Kier alpha value is -1.63. The topological polar surface area (TPSA) is 99.5 Å². The molecule has 0 spiro atoms. The Kier molecular flexibility index (Phi) is 2.80. The van der Waals surface area contributed by atoms with Crippen molar-refractivity contribution in [3.8, 4) is 0 Å². The van der Waals surface area contributed by atoms with Crippen LogP contribution in [0.4, 0.5) is 5.00 Å². The maximum atomic E-state index is 10.5. The highest BCUT2D eigenvalue weighted by Crippen LogP contribution is 2.19. The van der Waals surface area contributed by atoms with Gasteiger partial charge < -0.3 is 15.5 Å². The monoisotopic (exact) mass is 202 g/mol. The second-order valence-electron chi connectivity index (χ2n) is 2.08. The van der Waals surface area contributed by atoms with Crippen LogP contribution in [0.3, 0.4) is 0 Å². The molecule has 0 bridgehead atoms. The molecule has 0 unspecified atom stereocenters. The van der Waals surface area contributed by atoms with Crippen LogP contribution in [0.5, 0.6) is 0 Å². The van der Waals surface area contributed by atoms with Crippen LogP contribution in [0.25, 0.3) is 0 Å². The number of carbonyl (C=O) groups is 2. The molecule has 3 N–H and O–H groups in total. The van der Waals surface area contributed by atoms with Crippen molar-refractivity contribution < 1.29 is 19.8 Å². The molecule has 1 heterocycles. The number of rotatable bonds is 4. The van der Waals surface area contributed by atoms with Gasteiger partial charge in [0.1, 0.15) is 11.5 Å². The van der Waals surface area contributed by atoms with Gasteiger partial charge >= 0.3 is 11.9 Å². The van der Waals surface area contributed by atoms with E-state index in [-0.39, 0.29) is 17.2 Å². The van der Waals surface area contributed by atoms with Crippen LogP contribution >= 0.6 is 11.3 Å². The van der Waals surface area contributed by atoms with E-state index in [4.69, 9.17) is 10.2 Å². The van der Waals surface area contributed by atoms with E-state index in [0.29, 0.717) is 0 Å². The fourth-order valence-electron chi connectivity index (χ4n) is 0.680. The Morgan fingerprint density at radius 1 is 1.54 bits per heavy atom. The summed E-state index contributed by atoms with van der Waals surface area (Å²) in [5, 5.41) is 19.6. The summed E-state index contributed by atoms with van der Waals surface area (Å²) in [5.74, 6) is -2.22. The molecule has 0 aliphatic heterocycles. The first-order valence-electron chi connectivity index (χ1n) is 3.23. The van der Waals surface area contributed by atoms with E-state index in [2.05, 4.69) is 10.3 Å². The molecule has 1 aromatic rings. The summed E-state index contributed by atoms with van der Waals surface area (Å²) in [4.78, 5) is 24.2. The Morgan fingerprint density at radius 2 is 2.23 bits per heavy atom. The summed E-state index contributed by atoms with van der Waals surface area (Å²) >= 11 is 1.05. The lowest BCUT2D eigenvalue weighted by atomic mass is 10.4. The average molecular weight is 202 g/mol. The molecule has 0 aliphatic rings. The second-order valence-corrected chi connectivity index (χ2v) is 2.94. The lowest BCUT2D eigenvalue weighted by molar-refractivity contribution is -0.134. The molecule has 0 aromatic carbocycles. The van der Waals surface area contributed by atoms with Gasteiger partial charge in [0.15, 0.2) is 5.69 Å². The predicted octanol–water partition coefficient (Wildman–Crippen LogP) is 0.338. The number of carboxylic acid groups (broad SMARTS) is 2. The predicted molar refractivity (Wildman–Crippen MR) is 45.2 cm³/mol. The van der Waals surface area contributed by atoms with Crippen LogP contribution in [-0.2, 0) is 4.79 Å². The number of anilines is 1. The van der Waals surface area contributed by atoms with Gasteiger partial charge in [-0.05, 0) is 0 Å². The van der Waals surface area contributed by atoms with Gasteiger partial charge in [0, 0.05) is 0 Å². The molecule has 0 fully saturated rings. The minimum Gasteiger partial charge on any atom is -0.480 e. The van der Waals surface area contributed by atoms with Crippen molar-refractivity contribution in [1.82, 2.24) is 4.98 Å². The SMILES string of the molecule is O=C(O)CNc1scnc1C(=O)O. The Morgan fingerprint density at radius 3 is 2.77 bits per heavy atom. The van der Waals surface area contributed by atoms with Gasteiger partial charge in [0.25, 0.3) is 0 Å². The number of aromatic carboxylic acids is 1. The third-order valence-electron chi connectivity index (χ3n) is 1.17. The van der Waals surface area contributed by atoms with E-state index in [1.165, 1.54) is 5.51 Å². The molecule has 1 aromatic heterocycles. The third kappa shape index (κ3) is 2.41. The van der Waals surface area contributed by atoms with Gasteiger partial charge in [-0.3, -0.25) is 4.79 Å². The number of hydrogen-bond acceptors (Lipinski definition) is 5. The molecule has 7 heteroatoms. The molecule has 0 radical (unpaired) electrons. The molecule has 1 rings (SSSR count). The number of carboxylic acids is 2. The maximum Gasteiger partial charge on any atom is 0.357 e. The number of thiazole rings is 1. The smallest absolute Gasteiger partial charge is 0.357 e. The zero-order chi connectivity index (χ0) is 9.84. The Balaban J connectivity index is 2.71. The molecular weight excluding hydrogens is 196 g/mol. The summed E-state index contributed by atoms with van der Waals surface area (Å²) < 4.78 is 0. The van der Waals surface area contributed by atoms with Crippen molar-refractivity contribution in [2.24, 2.45) is 0 Å². The van der Waals surface area contributed by atoms with E-state index in [9.17, 15) is 9.59 Å². The Bertz CT molecular complexity index is 335. The van der Waals surface area contributed by atoms with Crippen LogP contribution in [-0.4, -0.2) is 33.7 Å². The third-order valence-corrected chi connectivity index (χ3v) is 1.95. The maximum absolute atomic E-state index is 10.5. The van der Waals surface area contributed by atoms with Gasteiger partial charge in [0.05, 0.1) is 5.51 Å². The minimum atomic E-state index is -1.17. The average Bonchev–Trinajstić information content (AvgIpc) is 2.47. The molecule has 70 valence electrons. The number of aromatic nitrogens is 1. The Labute approximate surface area is 76.8 Å². The van der Waals surface area contributed by atoms with Crippen molar-refractivity contribution in [1.29, 1.82) is 0 Å². The van der Waals surface area contributed by atoms with Crippen molar-refractivity contribution >= 4 is 28.3 Å². The van der Waals surface area contributed by atoms with Gasteiger partial charge in [0.2, 0.25) is 0 Å². The van der Waals surface area contributed by atoms with Gasteiger partial charge in [-0.25, -0.2) is 9.78 Å². The molecule has 0 atom stereocenters. The first-order valence-corrected chi connectivity index (χ1v) is 4.11. The van der Waals surface area contributed by atoms with E-state index < -0.39 is 11.9 Å². The summed E-state index contributed by atoms with van der Waals surface area (Å²) in [6, 6.07) is 0. The minimum absolute atomic E-state index is 0.147. The molecule has 0 saturated carbocycles. The van der Waals surface area contributed by atoms with Crippen molar-refractivity contribution in [3.63, 3.8) is 0 Å². The van der Waals surface area contributed by atoms with Crippen LogP contribution in [0, 0.1) is 0 Å². The van der Waals surface area contributed by atoms with E-state index in [1.54, 1.807) is 0 Å². The van der Waals surface area contributed by atoms with Gasteiger partial charge in [-0.2, -0.15) is 0 Å². The van der Waals surface area contributed by atoms with Crippen molar-refractivity contribution in [3.05, 3.63) is 11.2 Å². The first kappa shape index (κ1) is 9.46. The van der Waals surface area contributed by atoms with Crippen LogP contribution < -0.4 is 5.32 Å². The number of nitrogens with zero attached hydrogens (tertiary/aromatic N) is 1. The molecule has 0 amide bonds. The summed E-state index contributed by atoms with van der Waals surface area (Å²) in [7, 11) is 0. The lowest BCUT2D eigenvalue weighted by Crippen LogP contribution is -2.13. The zero-order valence-corrected chi connectivity index (χ0v) is 7.17. The number of nitrogens with one attached hydrogen (secondary N) is 1. The summed E-state index contributed by atoms with van der Waals surface area (Å²) in [6.07, 6.45) is 0. The molecule has 13 heavy (non-hydrogen) atoms. The standard InChI is InChI=1S/C6H6N2O4S/c9-3(10)1-7-5-4(6(11)12)8-2-13-5/h2,7H,1H2,(H,9,10)(H,11,12). The summed E-state index contributed by atoms with van der Waals surface area (Å²) in [5.41, 5.74) is 1.19. The fourth-order valence-corrected chi connectivity index (χ4v) is 1.35. The quantitative estimate of drug-likeness (QED) is 0.651. The van der Waals surface area contributed by atoms with Gasteiger partial charge in [-0.1, -0.05) is 0 Å². The first-order chi connectivity index (χ1) is 6.11. The molecule has 0 aliphatic carbocycles. The lowest BCUT2D eigenvalue weighted by Gasteiger charge is -1.98. The van der Waals surface area contributed by atoms with Crippen LogP contribution in [0.1, 0.15) is 10.5 Å². The zero-order valence-electron chi connectivity index (χ0n) is 6.35. The molecule has 0 saturated heterocycles. The summed E-state index contributed by atoms with van der Waals surface area (Å²) in [6.45, 7) is -0.317.